The molecule has 112 valence electrons. The standard InChI is InChI=1S/C19H25NO/c1-19(2)12-6-9-17(18(19)20-3)21-16-11-10-14-7-4-5-8-15(14)13-16/h4-5,7-8,10-11,13,17-18,20H,6,9,12H2,1-3H3. The number of nitrogens with one attached hydrogen (secondary N) is 1. The molecule has 2 atom stereocenters. The molecule has 1 fully saturated rings. The highest BCUT2D eigenvalue weighted by atomic mass is 16.5. The maximum absolute atomic E-state index is 6.34. The van der Waals surface area contributed by atoms with Crippen LogP contribution in [-0.4, -0.2) is 19.2 Å². The van der Waals surface area contributed by atoms with Crippen molar-refractivity contribution in [3.63, 3.8) is 0 Å². The molecule has 1 saturated carbocycles. The van der Waals surface area contributed by atoms with Crippen LogP contribution in [0.3, 0.4) is 0 Å². The summed E-state index contributed by atoms with van der Waals surface area (Å²) in [5.74, 6) is 0.983. The van der Waals surface area contributed by atoms with E-state index in [2.05, 4.69) is 68.7 Å². The van der Waals surface area contributed by atoms with E-state index in [4.69, 9.17) is 4.74 Å². The van der Waals surface area contributed by atoms with Crippen LogP contribution in [0.25, 0.3) is 10.8 Å². The lowest BCUT2D eigenvalue weighted by Gasteiger charge is -2.43. The van der Waals surface area contributed by atoms with Gasteiger partial charge in [0.2, 0.25) is 0 Å². The minimum Gasteiger partial charge on any atom is -0.489 e. The average Bonchev–Trinajstić information content (AvgIpc) is 2.46. The number of fused-ring (bicyclic) bond motifs is 1. The van der Waals surface area contributed by atoms with Crippen molar-refractivity contribution in [3.05, 3.63) is 42.5 Å². The first-order chi connectivity index (χ1) is 10.1. The fourth-order valence-electron chi connectivity index (χ4n) is 3.70. The smallest absolute Gasteiger partial charge is 0.120 e. The molecule has 1 N–H and O–H groups in total. The van der Waals surface area contributed by atoms with Crippen LogP contribution >= 0.6 is 0 Å². The molecule has 0 spiro atoms. The quantitative estimate of drug-likeness (QED) is 0.902. The molecule has 0 aromatic heterocycles. The Hall–Kier alpha value is -1.54. The van der Waals surface area contributed by atoms with Gasteiger partial charge in [0.05, 0.1) is 0 Å². The Morgan fingerprint density at radius 2 is 1.86 bits per heavy atom. The SMILES string of the molecule is CNC1C(Oc2ccc3ccccc3c2)CCCC1(C)C. The summed E-state index contributed by atoms with van der Waals surface area (Å²) in [5, 5.41) is 5.98. The zero-order chi connectivity index (χ0) is 14.9. The van der Waals surface area contributed by atoms with Gasteiger partial charge in [-0.1, -0.05) is 44.2 Å². The molecule has 2 heteroatoms. The number of ether oxygens (including phenoxy) is 1. The second-order valence-corrected chi connectivity index (χ2v) is 6.81. The van der Waals surface area contributed by atoms with Crippen LogP contribution < -0.4 is 10.1 Å². The molecule has 0 saturated heterocycles. The fraction of sp³-hybridized carbons (Fsp3) is 0.474. The van der Waals surface area contributed by atoms with Crippen molar-refractivity contribution in [1.29, 1.82) is 0 Å². The van der Waals surface area contributed by atoms with E-state index in [-0.39, 0.29) is 11.5 Å². The average molecular weight is 283 g/mol. The fourth-order valence-corrected chi connectivity index (χ4v) is 3.70. The van der Waals surface area contributed by atoms with E-state index >= 15 is 0 Å². The number of rotatable bonds is 3. The number of hydrogen-bond donors (Lipinski definition) is 1. The van der Waals surface area contributed by atoms with Gasteiger partial charge in [-0.3, -0.25) is 0 Å². The summed E-state index contributed by atoms with van der Waals surface area (Å²) in [6.45, 7) is 4.67. The second kappa shape index (κ2) is 5.69. The van der Waals surface area contributed by atoms with Crippen LogP contribution in [0.1, 0.15) is 33.1 Å². The highest BCUT2D eigenvalue weighted by Crippen LogP contribution is 2.37. The summed E-state index contributed by atoms with van der Waals surface area (Å²) >= 11 is 0. The highest BCUT2D eigenvalue weighted by molar-refractivity contribution is 5.83. The topological polar surface area (TPSA) is 21.3 Å². The largest absolute Gasteiger partial charge is 0.489 e. The molecule has 0 radical (unpaired) electrons. The molecule has 0 aliphatic heterocycles. The van der Waals surface area contributed by atoms with E-state index in [1.54, 1.807) is 0 Å². The predicted octanol–water partition coefficient (Wildman–Crippen LogP) is 4.39. The molecule has 0 heterocycles. The maximum atomic E-state index is 6.34. The Bertz CT molecular complexity index is 620. The van der Waals surface area contributed by atoms with Gasteiger partial charge >= 0.3 is 0 Å². The summed E-state index contributed by atoms with van der Waals surface area (Å²) in [4.78, 5) is 0. The first kappa shape index (κ1) is 14.4. The van der Waals surface area contributed by atoms with Gasteiger partial charge in [0.25, 0.3) is 0 Å². The zero-order valence-corrected chi connectivity index (χ0v) is 13.2. The molecule has 2 unspecified atom stereocenters. The van der Waals surface area contributed by atoms with Gasteiger partial charge in [-0.25, -0.2) is 0 Å². The van der Waals surface area contributed by atoms with Crippen molar-refractivity contribution in [2.45, 2.75) is 45.3 Å². The lowest BCUT2D eigenvalue weighted by atomic mass is 9.72. The first-order valence-electron chi connectivity index (χ1n) is 7.93. The zero-order valence-electron chi connectivity index (χ0n) is 13.2. The molecule has 2 aromatic carbocycles. The molecule has 1 aliphatic rings. The third-order valence-corrected chi connectivity index (χ3v) is 4.84. The van der Waals surface area contributed by atoms with Crippen molar-refractivity contribution >= 4 is 10.8 Å². The van der Waals surface area contributed by atoms with E-state index in [0.29, 0.717) is 6.04 Å². The number of likely N-dealkylation sites (N-methyl/N-ethyl adjacent to an activating group) is 1. The maximum Gasteiger partial charge on any atom is 0.120 e. The van der Waals surface area contributed by atoms with E-state index in [0.717, 1.165) is 12.2 Å². The van der Waals surface area contributed by atoms with Crippen LogP contribution in [0.4, 0.5) is 0 Å². The lowest BCUT2D eigenvalue weighted by Crippen LogP contribution is -2.53. The van der Waals surface area contributed by atoms with Crippen molar-refractivity contribution < 1.29 is 4.74 Å². The van der Waals surface area contributed by atoms with Gasteiger partial charge in [-0.2, -0.15) is 0 Å². The Kier molecular flexibility index (Phi) is 3.90. The summed E-state index contributed by atoms with van der Waals surface area (Å²) in [7, 11) is 2.05. The van der Waals surface area contributed by atoms with E-state index in [1.165, 1.54) is 23.6 Å². The van der Waals surface area contributed by atoms with Gasteiger partial charge in [0, 0.05) is 6.04 Å². The summed E-state index contributed by atoms with van der Waals surface area (Å²) in [5.41, 5.74) is 0.286. The Morgan fingerprint density at radius 1 is 1.10 bits per heavy atom. The van der Waals surface area contributed by atoms with Crippen molar-refractivity contribution in [2.75, 3.05) is 7.05 Å². The van der Waals surface area contributed by atoms with Crippen LogP contribution in [0.15, 0.2) is 42.5 Å². The minimum atomic E-state index is 0.250. The molecule has 2 nitrogen and oxygen atoms in total. The molecular weight excluding hydrogens is 258 g/mol. The third-order valence-electron chi connectivity index (χ3n) is 4.84. The molecule has 2 aromatic rings. The Morgan fingerprint density at radius 3 is 2.62 bits per heavy atom. The second-order valence-electron chi connectivity index (χ2n) is 6.81. The summed E-state index contributed by atoms with van der Waals surface area (Å²) < 4.78 is 6.34. The van der Waals surface area contributed by atoms with Gasteiger partial charge in [0.15, 0.2) is 0 Å². The molecule has 0 amide bonds. The van der Waals surface area contributed by atoms with Gasteiger partial charge in [0.1, 0.15) is 11.9 Å². The lowest BCUT2D eigenvalue weighted by molar-refractivity contribution is 0.0405. The van der Waals surface area contributed by atoms with Gasteiger partial charge in [-0.15, -0.1) is 0 Å². The van der Waals surface area contributed by atoms with E-state index in [9.17, 15) is 0 Å². The summed E-state index contributed by atoms with van der Waals surface area (Å²) in [6.07, 6.45) is 3.88. The minimum absolute atomic E-state index is 0.250. The molecule has 3 rings (SSSR count). The molecule has 0 bridgehead atoms. The molecule has 21 heavy (non-hydrogen) atoms. The van der Waals surface area contributed by atoms with Crippen LogP contribution in [0.2, 0.25) is 0 Å². The monoisotopic (exact) mass is 283 g/mol. The van der Waals surface area contributed by atoms with Crippen molar-refractivity contribution in [2.24, 2.45) is 5.41 Å². The van der Waals surface area contributed by atoms with Crippen LogP contribution in [0.5, 0.6) is 5.75 Å². The van der Waals surface area contributed by atoms with E-state index in [1.807, 2.05) is 0 Å². The van der Waals surface area contributed by atoms with Crippen LogP contribution in [0, 0.1) is 5.41 Å². The molecular formula is C19H25NO. The number of hydrogen-bond acceptors (Lipinski definition) is 2. The third kappa shape index (κ3) is 2.91. The van der Waals surface area contributed by atoms with Gasteiger partial charge < -0.3 is 10.1 Å². The predicted molar refractivity (Wildman–Crippen MR) is 88.8 cm³/mol. The van der Waals surface area contributed by atoms with Crippen molar-refractivity contribution in [3.8, 4) is 5.75 Å². The normalized spacial score (nSPS) is 24.9. The molecule has 1 aliphatic carbocycles. The van der Waals surface area contributed by atoms with Crippen molar-refractivity contribution in [1.82, 2.24) is 5.32 Å². The number of benzene rings is 2. The summed E-state index contributed by atoms with van der Waals surface area (Å²) in [6, 6.07) is 15.2. The van der Waals surface area contributed by atoms with E-state index < -0.39 is 0 Å². The Labute approximate surface area is 127 Å². The van der Waals surface area contributed by atoms with Crippen LogP contribution in [-0.2, 0) is 0 Å². The highest BCUT2D eigenvalue weighted by Gasteiger charge is 2.39. The Balaban J connectivity index is 1.83. The van der Waals surface area contributed by atoms with Gasteiger partial charge in [-0.05, 0) is 54.6 Å². The first-order valence-corrected chi connectivity index (χ1v) is 7.93.